The number of carbonyl (C=O) groups excluding carboxylic acids is 1. The second kappa shape index (κ2) is 10.7. The zero-order valence-electron chi connectivity index (χ0n) is 19.0. The molecule has 0 bridgehead atoms. The largest absolute Gasteiger partial charge is 0.377 e. The average Bonchev–Trinajstić information content (AvgIpc) is 2.84. The van der Waals surface area contributed by atoms with Crippen LogP contribution in [0.1, 0.15) is 31.2 Å². The predicted octanol–water partition coefficient (Wildman–Crippen LogP) is 3.56. The Morgan fingerprint density at radius 3 is 2.25 bits per heavy atom. The number of hydrogen-bond donors (Lipinski definition) is 4. The summed E-state index contributed by atoms with van der Waals surface area (Å²) in [6.07, 6.45) is 2.33. The lowest BCUT2D eigenvalue weighted by atomic mass is 9.91. The van der Waals surface area contributed by atoms with Crippen LogP contribution in [0.3, 0.4) is 0 Å². The molecular weight excluding hydrogens is 511 g/mol. The molecule has 4 rings (SSSR count). The molecule has 2 amide bonds. The molecule has 1 aliphatic carbocycles. The molecule has 1 saturated carbocycles. The minimum atomic E-state index is -3.88. The van der Waals surface area contributed by atoms with Crippen molar-refractivity contribution < 1.29 is 17.6 Å². The molecule has 3 aromatic rings. The van der Waals surface area contributed by atoms with Gasteiger partial charge in [0.15, 0.2) is 0 Å². The second-order valence-electron chi connectivity index (χ2n) is 8.68. The van der Waals surface area contributed by atoms with E-state index in [0.29, 0.717) is 31.2 Å². The molecule has 0 heterocycles. The fraction of sp³-hybridized carbons (Fsp3) is 0.292. The molecule has 9 nitrogen and oxygen atoms in total. The number of carbonyl (C=O) groups is 1. The molecule has 190 valence electrons. The van der Waals surface area contributed by atoms with Gasteiger partial charge in [0.25, 0.3) is 10.9 Å². The van der Waals surface area contributed by atoms with Gasteiger partial charge in [-0.2, -0.15) is 0 Å². The smallest absolute Gasteiger partial charge is 0.319 e. The van der Waals surface area contributed by atoms with Gasteiger partial charge in [-0.1, -0.05) is 41.9 Å². The lowest BCUT2D eigenvalue weighted by Crippen LogP contribution is -2.44. The maximum atomic E-state index is 13.5. The zero-order chi connectivity index (χ0) is 25.9. The van der Waals surface area contributed by atoms with E-state index in [1.165, 1.54) is 12.1 Å². The summed E-state index contributed by atoms with van der Waals surface area (Å²) in [5.74, 6) is -0.964. The predicted molar refractivity (Wildman–Crippen MR) is 137 cm³/mol. The first-order valence-electron chi connectivity index (χ1n) is 11.3. The number of benzene rings is 2. The van der Waals surface area contributed by atoms with E-state index < -0.39 is 32.7 Å². The van der Waals surface area contributed by atoms with Crippen molar-refractivity contribution in [3.63, 3.8) is 0 Å². The van der Waals surface area contributed by atoms with E-state index in [0.717, 1.165) is 6.07 Å². The van der Waals surface area contributed by atoms with Crippen molar-refractivity contribution in [1.82, 2.24) is 5.32 Å². The highest BCUT2D eigenvalue weighted by Crippen LogP contribution is 2.25. The van der Waals surface area contributed by atoms with Gasteiger partial charge in [0.05, 0.1) is 10.8 Å². The summed E-state index contributed by atoms with van der Waals surface area (Å²) < 4.78 is 40.8. The number of amides is 2. The van der Waals surface area contributed by atoms with Gasteiger partial charge in [0.1, 0.15) is 17.2 Å². The molecule has 0 spiro atoms. The summed E-state index contributed by atoms with van der Waals surface area (Å²) in [4.78, 5) is 36.4. The highest BCUT2D eigenvalue weighted by atomic mass is 35.5. The summed E-state index contributed by atoms with van der Waals surface area (Å²) in [6.45, 7) is 0. The molecule has 0 saturated heterocycles. The number of hydrogen-bond acceptors (Lipinski definition) is 6. The average molecular weight is 535 g/mol. The van der Waals surface area contributed by atoms with Crippen LogP contribution in [0.5, 0.6) is 0 Å². The van der Waals surface area contributed by atoms with Crippen LogP contribution in [0, 0.1) is 5.82 Å². The number of nitrogens with one attached hydrogen (secondary N) is 4. The number of sulfonamides is 1. The number of anilines is 3. The van der Waals surface area contributed by atoms with E-state index in [2.05, 4.69) is 20.7 Å². The first-order valence-corrected chi connectivity index (χ1v) is 13.3. The molecular formula is C24H24ClFN4O5S. The SMILES string of the molecule is O=C(Nc1ccc(Cl)c(F)c1)NC1CCC(Nc2c(NS(=O)(=O)Cc3ccccc3)c(=O)c2=O)CC1. The van der Waals surface area contributed by atoms with Crippen LogP contribution in [0.2, 0.25) is 5.02 Å². The Labute approximate surface area is 211 Å². The van der Waals surface area contributed by atoms with Crippen molar-refractivity contribution in [2.75, 3.05) is 15.4 Å². The van der Waals surface area contributed by atoms with E-state index >= 15 is 0 Å². The Bertz CT molecular complexity index is 1430. The summed E-state index contributed by atoms with van der Waals surface area (Å²) >= 11 is 5.64. The van der Waals surface area contributed by atoms with Crippen LogP contribution in [0.4, 0.5) is 26.2 Å². The van der Waals surface area contributed by atoms with E-state index in [-0.39, 0.29) is 39.9 Å². The molecule has 0 aromatic heterocycles. The van der Waals surface area contributed by atoms with Gasteiger partial charge in [-0.3, -0.25) is 14.3 Å². The minimum Gasteiger partial charge on any atom is -0.377 e. The lowest BCUT2D eigenvalue weighted by molar-refractivity contribution is 0.243. The van der Waals surface area contributed by atoms with Gasteiger partial charge in [-0.05, 0) is 49.4 Å². The van der Waals surface area contributed by atoms with Gasteiger partial charge in [0, 0.05) is 17.8 Å². The monoisotopic (exact) mass is 534 g/mol. The number of rotatable bonds is 8. The Morgan fingerprint density at radius 1 is 0.944 bits per heavy atom. The highest BCUT2D eigenvalue weighted by molar-refractivity contribution is 7.91. The van der Waals surface area contributed by atoms with Crippen molar-refractivity contribution in [2.24, 2.45) is 0 Å². The topological polar surface area (TPSA) is 133 Å². The Hall–Kier alpha value is -3.44. The first kappa shape index (κ1) is 25.6. The van der Waals surface area contributed by atoms with Gasteiger partial charge in [0.2, 0.25) is 10.0 Å². The van der Waals surface area contributed by atoms with Crippen LogP contribution in [-0.2, 0) is 15.8 Å². The fourth-order valence-corrected chi connectivity index (χ4v) is 5.45. The first-order chi connectivity index (χ1) is 17.1. The molecule has 0 unspecified atom stereocenters. The summed E-state index contributed by atoms with van der Waals surface area (Å²) in [5, 5.41) is 8.34. The molecule has 0 radical (unpaired) electrons. The third kappa shape index (κ3) is 6.21. The molecule has 4 N–H and O–H groups in total. The highest BCUT2D eigenvalue weighted by Gasteiger charge is 2.29. The molecule has 12 heteroatoms. The van der Waals surface area contributed by atoms with Crippen molar-refractivity contribution in [3.05, 3.63) is 85.4 Å². The third-order valence-corrected chi connectivity index (χ3v) is 7.49. The summed E-state index contributed by atoms with van der Waals surface area (Å²) in [7, 11) is -3.88. The summed E-state index contributed by atoms with van der Waals surface area (Å²) in [6, 6.07) is 11.7. The van der Waals surface area contributed by atoms with Crippen LogP contribution >= 0.6 is 11.6 Å². The third-order valence-electron chi connectivity index (χ3n) is 5.96. The molecule has 1 aliphatic rings. The van der Waals surface area contributed by atoms with E-state index in [1.807, 2.05) is 0 Å². The normalized spacial score (nSPS) is 17.9. The Kier molecular flexibility index (Phi) is 7.60. The fourth-order valence-electron chi connectivity index (χ4n) is 4.12. The molecule has 3 aromatic carbocycles. The standard InChI is InChI=1S/C24H24ClFN4O5S/c25-18-11-10-17(12-19(18)26)29-24(33)28-16-8-6-15(7-9-16)27-20-21(23(32)22(20)31)30-36(34,35)13-14-4-2-1-3-5-14/h1-5,10-12,15-16,27,30H,6-9,13H2,(H2,28,29,33). The van der Waals surface area contributed by atoms with Gasteiger partial charge in [-0.25, -0.2) is 17.6 Å². The van der Waals surface area contributed by atoms with Crippen LogP contribution in [0.15, 0.2) is 58.1 Å². The molecule has 0 atom stereocenters. The molecule has 0 aliphatic heterocycles. The van der Waals surface area contributed by atoms with Gasteiger partial charge >= 0.3 is 6.03 Å². The van der Waals surface area contributed by atoms with E-state index in [4.69, 9.17) is 11.6 Å². The lowest BCUT2D eigenvalue weighted by Gasteiger charge is -2.31. The van der Waals surface area contributed by atoms with Crippen molar-refractivity contribution >= 4 is 44.7 Å². The summed E-state index contributed by atoms with van der Waals surface area (Å²) in [5.41, 5.74) is -1.09. The minimum absolute atomic E-state index is 0.0319. The van der Waals surface area contributed by atoms with E-state index in [9.17, 15) is 27.2 Å². The quantitative estimate of drug-likeness (QED) is 0.327. The Morgan fingerprint density at radius 2 is 1.58 bits per heavy atom. The van der Waals surface area contributed by atoms with Crippen molar-refractivity contribution in [2.45, 2.75) is 43.5 Å². The Balaban J connectivity index is 1.29. The second-order valence-corrected chi connectivity index (χ2v) is 10.8. The molecule has 36 heavy (non-hydrogen) atoms. The zero-order valence-corrected chi connectivity index (χ0v) is 20.6. The van der Waals surface area contributed by atoms with Crippen molar-refractivity contribution in [1.29, 1.82) is 0 Å². The van der Waals surface area contributed by atoms with Gasteiger partial charge in [-0.15, -0.1) is 0 Å². The van der Waals surface area contributed by atoms with Crippen molar-refractivity contribution in [3.8, 4) is 0 Å². The van der Waals surface area contributed by atoms with Crippen LogP contribution in [0.25, 0.3) is 0 Å². The van der Waals surface area contributed by atoms with E-state index in [1.54, 1.807) is 30.3 Å². The van der Waals surface area contributed by atoms with Crippen LogP contribution < -0.4 is 31.5 Å². The maximum absolute atomic E-state index is 13.5. The number of halogens is 2. The van der Waals surface area contributed by atoms with Gasteiger partial charge < -0.3 is 16.0 Å². The maximum Gasteiger partial charge on any atom is 0.319 e. The molecule has 1 fully saturated rings. The number of urea groups is 1. The van der Waals surface area contributed by atoms with Crippen LogP contribution in [-0.4, -0.2) is 26.5 Å².